The van der Waals surface area contributed by atoms with Crippen LogP contribution in [0.4, 0.5) is 17.6 Å². The molecule has 1 aliphatic heterocycles. The van der Waals surface area contributed by atoms with Crippen molar-refractivity contribution >= 4 is 22.6 Å². The average Bonchev–Trinajstić information content (AvgIpc) is 3.04. The molecule has 0 spiro atoms. The summed E-state index contributed by atoms with van der Waals surface area (Å²) in [6, 6.07) is 2.72. The largest absolute Gasteiger partial charge is 0.358 e. The number of ether oxygens (including phenoxy) is 1. The summed E-state index contributed by atoms with van der Waals surface area (Å²) in [7, 11) is 0. The molecule has 0 radical (unpaired) electrons. The van der Waals surface area contributed by atoms with Crippen molar-refractivity contribution in [1.29, 1.82) is 0 Å². The summed E-state index contributed by atoms with van der Waals surface area (Å²) in [4.78, 5) is 0. The molecule has 4 fully saturated rings. The van der Waals surface area contributed by atoms with Crippen LogP contribution in [0.1, 0.15) is 24.8 Å². The van der Waals surface area contributed by atoms with E-state index in [0.29, 0.717) is 25.3 Å². The minimum Gasteiger partial charge on any atom is -0.358 e. The lowest BCUT2D eigenvalue weighted by molar-refractivity contribution is -0.274. The molecule has 108 valence electrons. The molecule has 4 aliphatic rings. The van der Waals surface area contributed by atoms with Crippen LogP contribution in [0.25, 0.3) is 0 Å². The minimum absolute atomic E-state index is 0.00138. The molecule has 0 amide bonds. The summed E-state index contributed by atoms with van der Waals surface area (Å²) in [5.74, 6) is -4.86. The molecule has 2 bridgehead atoms. The second-order valence-electron chi connectivity index (χ2n) is 6.28. The molecule has 20 heavy (non-hydrogen) atoms. The number of epoxide rings is 1. The highest BCUT2D eigenvalue weighted by Gasteiger charge is 2.84. The van der Waals surface area contributed by atoms with Gasteiger partial charge in [-0.05, 0) is 31.4 Å². The lowest BCUT2D eigenvalue weighted by Gasteiger charge is -2.70. The zero-order valence-corrected chi connectivity index (χ0v) is 12.5. The van der Waals surface area contributed by atoms with Crippen LogP contribution in [0, 0.1) is 17.0 Å². The van der Waals surface area contributed by atoms with E-state index in [4.69, 9.17) is 4.74 Å². The fraction of sp³-hybridized carbons (Fsp3) is 0.571. The zero-order chi connectivity index (χ0) is 14.4. The summed E-state index contributed by atoms with van der Waals surface area (Å²) < 4.78 is 61.6. The van der Waals surface area contributed by atoms with Gasteiger partial charge in [0.25, 0.3) is 5.92 Å². The van der Waals surface area contributed by atoms with Crippen molar-refractivity contribution in [2.24, 2.45) is 5.41 Å². The molecule has 0 aromatic heterocycles. The molecule has 1 aromatic carbocycles. The van der Waals surface area contributed by atoms with Crippen molar-refractivity contribution in [3.05, 3.63) is 35.4 Å². The van der Waals surface area contributed by atoms with Crippen LogP contribution in [0.2, 0.25) is 0 Å². The van der Waals surface area contributed by atoms with Gasteiger partial charge in [-0.15, -0.1) is 0 Å². The molecule has 5 rings (SSSR count). The van der Waals surface area contributed by atoms with E-state index in [1.54, 1.807) is 0 Å². The van der Waals surface area contributed by atoms with Crippen LogP contribution in [0.5, 0.6) is 0 Å². The molecule has 1 aromatic rings. The van der Waals surface area contributed by atoms with Crippen molar-refractivity contribution in [1.82, 2.24) is 0 Å². The van der Waals surface area contributed by atoms with Crippen LogP contribution in [-0.4, -0.2) is 16.0 Å². The van der Waals surface area contributed by atoms with Gasteiger partial charge >= 0.3 is 0 Å². The number of hydrogen-bond donors (Lipinski definition) is 0. The number of benzene rings is 1. The summed E-state index contributed by atoms with van der Waals surface area (Å²) in [5, 5.41) is 0. The highest BCUT2D eigenvalue weighted by molar-refractivity contribution is 14.1. The Labute approximate surface area is 126 Å². The number of hydrogen-bond acceptors (Lipinski definition) is 1. The number of halogens is 5. The predicted molar refractivity (Wildman–Crippen MR) is 72.0 cm³/mol. The maximum Gasteiger partial charge on any atom is 0.288 e. The van der Waals surface area contributed by atoms with E-state index >= 15 is 0 Å². The van der Waals surface area contributed by atoms with Crippen LogP contribution in [-0.2, 0) is 10.3 Å². The first kappa shape index (κ1) is 13.3. The Bertz CT molecular complexity index is 591. The molecule has 3 saturated carbocycles. The maximum absolute atomic E-state index is 14.9. The first-order valence-corrected chi connectivity index (χ1v) is 7.48. The highest BCUT2D eigenvalue weighted by atomic mass is 127. The van der Waals surface area contributed by atoms with Crippen LogP contribution < -0.4 is 0 Å². The second kappa shape index (κ2) is 3.51. The minimum atomic E-state index is -3.12. The Morgan fingerprint density at radius 1 is 1.15 bits per heavy atom. The lowest BCUT2D eigenvalue weighted by atomic mass is 9.40. The fourth-order valence-corrected chi connectivity index (χ4v) is 6.01. The third kappa shape index (κ3) is 1.37. The van der Waals surface area contributed by atoms with Gasteiger partial charge in [0, 0.05) is 20.5 Å². The quantitative estimate of drug-likeness (QED) is 0.322. The predicted octanol–water partition coefficient (Wildman–Crippen LogP) is 4.18. The SMILES string of the molecule is Fc1ccc(C2(C(F)(F)C34CC(I)(C3)C4)CO2)c(F)c1. The van der Waals surface area contributed by atoms with Crippen LogP contribution in [0.15, 0.2) is 18.2 Å². The van der Waals surface area contributed by atoms with Crippen molar-refractivity contribution < 1.29 is 22.3 Å². The van der Waals surface area contributed by atoms with E-state index in [0.717, 1.165) is 12.1 Å². The third-order valence-electron chi connectivity index (χ3n) is 4.94. The van der Waals surface area contributed by atoms with Crippen molar-refractivity contribution in [2.45, 2.75) is 34.2 Å². The average molecular weight is 398 g/mol. The second-order valence-corrected chi connectivity index (χ2v) is 8.56. The summed E-state index contributed by atoms with van der Waals surface area (Å²) in [6.07, 6.45) is 1.34. The summed E-state index contributed by atoms with van der Waals surface area (Å²) >= 11 is 2.22. The molecular formula is C14H11F4IO. The Morgan fingerprint density at radius 3 is 2.20 bits per heavy atom. The van der Waals surface area contributed by atoms with Gasteiger partial charge in [-0.25, -0.2) is 17.6 Å². The normalized spacial score (nSPS) is 41.9. The zero-order valence-electron chi connectivity index (χ0n) is 10.4. The van der Waals surface area contributed by atoms with E-state index in [1.807, 2.05) is 0 Å². The van der Waals surface area contributed by atoms with Gasteiger partial charge in [0.15, 0.2) is 5.60 Å². The van der Waals surface area contributed by atoms with E-state index < -0.39 is 28.6 Å². The van der Waals surface area contributed by atoms with Gasteiger partial charge in [-0.2, -0.15) is 0 Å². The summed E-state index contributed by atoms with van der Waals surface area (Å²) in [6.45, 7) is -0.210. The summed E-state index contributed by atoms with van der Waals surface area (Å²) in [5.41, 5.74) is -3.19. The van der Waals surface area contributed by atoms with E-state index in [-0.39, 0.29) is 15.6 Å². The van der Waals surface area contributed by atoms with Crippen LogP contribution in [0.3, 0.4) is 0 Å². The Hall–Kier alpha value is -0.370. The van der Waals surface area contributed by atoms with Crippen LogP contribution >= 0.6 is 22.6 Å². The molecule has 0 N–H and O–H groups in total. The molecule has 1 unspecified atom stereocenters. The molecule has 1 heterocycles. The smallest absolute Gasteiger partial charge is 0.288 e. The van der Waals surface area contributed by atoms with Gasteiger partial charge in [0.05, 0.1) is 6.61 Å². The van der Waals surface area contributed by atoms with E-state index in [9.17, 15) is 17.6 Å². The number of alkyl halides is 3. The highest BCUT2D eigenvalue weighted by Crippen LogP contribution is 2.80. The Balaban J connectivity index is 1.74. The third-order valence-corrected chi connectivity index (χ3v) is 6.08. The molecule has 1 atom stereocenters. The van der Waals surface area contributed by atoms with Crippen molar-refractivity contribution in [2.75, 3.05) is 6.61 Å². The van der Waals surface area contributed by atoms with E-state index in [1.165, 1.54) is 0 Å². The first-order chi connectivity index (χ1) is 9.24. The van der Waals surface area contributed by atoms with Gasteiger partial charge in [-0.3, -0.25) is 0 Å². The Morgan fingerprint density at radius 2 is 1.75 bits per heavy atom. The van der Waals surface area contributed by atoms with Crippen molar-refractivity contribution in [3.8, 4) is 0 Å². The molecule has 3 aliphatic carbocycles. The van der Waals surface area contributed by atoms with Gasteiger partial charge < -0.3 is 4.74 Å². The Kier molecular flexibility index (Phi) is 2.33. The van der Waals surface area contributed by atoms with Crippen molar-refractivity contribution in [3.63, 3.8) is 0 Å². The molecular weight excluding hydrogens is 387 g/mol. The van der Waals surface area contributed by atoms with E-state index in [2.05, 4.69) is 22.6 Å². The maximum atomic E-state index is 14.9. The molecule has 1 nitrogen and oxygen atoms in total. The monoisotopic (exact) mass is 398 g/mol. The molecule has 6 heteroatoms. The van der Waals surface area contributed by atoms with Gasteiger partial charge in [-0.1, -0.05) is 22.6 Å². The first-order valence-electron chi connectivity index (χ1n) is 6.40. The standard InChI is InChI=1S/C14H11F4IO/c15-8-1-2-9(10(16)3-8)13(7-20-13)14(17,18)11-4-12(19,5-11)6-11/h1-3H,4-7H2. The van der Waals surface area contributed by atoms with Gasteiger partial charge in [0.1, 0.15) is 11.6 Å². The number of rotatable bonds is 3. The van der Waals surface area contributed by atoms with Gasteiger partial charge in [0.2, 0.25) is 0 Å². The topological polar surface area (TPSA) is 12.5 Å². The molecule has 1 saturated heterocycles. The fourth-order valence-electron chi connectivity index (χ4n) is 3.82. The lowest BCUT2D eigenvalue weighted by Crippen LogP contribution is -2.73.